The number of hydrogen-bond acceptors (Lipinski definition) is 7. The topological polar surface area (TPSA) is 84.2 Å². The van der Waals surface area contributed by atoms with Crippen LogP contribution in [0.5, 0.6) is 11.5 Å². The van der Waals surface area contributed by atoms with E-state index in [1.165, 1.54) is 20.5 Å². The average Bonchev–Trinajstić information content (AvgIpc) is 3.24. The molecular formula is C22H20O7. The monoisotopic (exact) mass is 396 g/mol. The normalized spacial score (nSPS) is 10.3. The molecule has 0 aliphatic carbocycles. The first-order valence-corrected chi connectivity index (χ1v) is 8.79. The number of hydrogen-bond donors (Lipinski definition) is 0. The fourth-order valence-corrected chi connectivity index (χ4v) is 2.60. The second kappa shape index (κ2) is 9.45. The quantitative estimate of drug-likeness (QED) is 0.532. The minimum absolute atomic E-state index is 0.00235. The summed E-state index contributed by atoms with van der Waals surface area (Å²) in [5, 5.41) is 0. The molecule has 0 N–H and O–H groups in total. The molecule has 7 nitrogen and oxygen atoms in total. The molecule has 0 fully saturated rings. The number of furan rings is 1. The molecule has 3 aromatic rings. The lowest BCUT2D eigenvalue weighted by Gasteiger charge is -2.12. The van der Waals surface area contributed by atoms with Crippen LogP contribution in [0, 0.1) is 0 Å². The molecular weight excluding hydrogens is 376 g/mol. The Morgan fingerprint density at radius 3 is 2.41 bits per heavy atom. The lowest BCUT2D eigenvalue weighted by molar-refractivity contribution is 0.0453. The molecule has 2 aromatic carbocycles. The van der Waals surface area contributed by atoms with Gasteiger partial charge in [0.2, 0.25) is 5.76 Å². The van der Waals surface area contributed by atoms with Crippen molar-refractivity contribution in [2.45, 2.75) is 13.2 Å². The van der Waals surface area contributed by atoms with Gasteiger partial charge in [0.1, 0.15) is 13.2 Å². The van der Waals surface area contributed by atoms with Gasteiger partial charge in [0.05, 0.1) is 26.0 Å². The molecule has 0 aliphatic rings. The third kappa shape index (κ3) is 4.95. The zero-order chi connectivity index (χ0) is 20.6. The molecule has 0 atom stereocenters. The highest BCUT2D eigenvalue weighted by atomic mass is 16.5. The molecule has 0 aliphatic heterocycles. The van der Waals surface area contributed by atoms with E-state index < -0.39 is 11.9 Å². The molecule has 0 spiro atoms. The van der Waals surface area contributed by atoms with Crippen LogP contribution in [0.3, 0.4) is 0 Å². The maximum atomic E-state index is 12.4. The van der Waals surface area contributed by atoms with Crippen LogP contribution in [0.2, 0.25) is 0 Å². The van der Waals surface area contributed by atoms with Crippen molar-refractivity contribution in [1.82, 2.24) is 0 Å². The average molecular weight is 396 g/mol. The van der Waals surface area contributed by atoms with Crippen molar-refractivity contribution in [3.05, 3.63) is 83.3 Å². The van der Waals surface area contributed by atoms with Gasteiger partial charge in [0.25, 0.3) is 0 Å². The maximum Gasteiger partial charge on any atom is 0.374 e. The molecule has 29 heavy (non-hydrogen) atoms. The van der Waals surface area contributed by atoms with Gasteiger partial charge in [-0.2, -0.15) is 0 Å². The molecule has 0 saturated heterocycles. The summed E-state index contributed by atoms with van der Waals surface area (Å²) in [7, 11) is 2.74. The zero-order valence-corrected chi connectivity index (χ0v) is 16.0. The van der Waals surface area contributed by atoms with Crippen molar-refractivity contribution in [1.29, 1.82) is 0 Å². The first-order valence-electron chi connectivity index (χ1n) is 8.79. The van der Waals surface area contributed by atoms with E-state index >= 15 is 0 Å². The molecule has 3 rings (SSSR count). The number of ether oxygens (including phenoxy) is 4. The summed E-state index contributed by atoms with van der Waals surface area (Å²) in [6, 6.07) is 16.0. The van der Waals surface area contributed by atoms with Gasteiger partial charge in [-0.15, -0.1) is 0 Å². The SMILES string of the molecule is COC(=O)c1occc1COC(=O)c1ccc(OCc2ccccc2)c(OC)c1. The van der Waals surface area contributed by atoms with Crippen LogP contribution in [0.15, 0.2) is 65.3 Å². The van der Waals surface area contributed by atoms with Crippen LogP contribution in [0.1, 0.15) is 32.0 Å². The summed E-state index contributed by atoms with van der Waals surface area (Å²) in [5.74, 6) is -0.287. The molecule has 0 bridgehead atoms. The first kappa shape index (κ1) is 20.0. The second-order valence-electron chi connectivity index (χ2n) is 5.98. The number of methoxy groups -OCH3 is 2. The number of carbonyl (C=O) groups is 2. The number of carbonyl (C=O) groups excluding carboxylic acids is 2. The molecule has 1 aromatic heterocycles. The van der Waals surface area contributed by atoms with Gasteiger partial charge in [0, 0.05) is 5.56 Å². The van der Waals surface area contributed by atoms with Crippen LogP contribution in [-0.4, -0.2) is 26.2 Å². The Hall–Kier alpha value is -3.74. The summed E-state index contributed by atoms with van der Waals surface area (Å²) >= 11 is 0. The molecule has 0 radical (unpaired) electrons. The molecule has 150 valence electrons. The van der Waals surface area contributed by atoms with Gasteiger partial charge < -0.3 is 23.4 Å². The molecule has 0 amide bonds. The van der Waals surface area contributed by atoms with Crippen molar-refractivity contribution in [2.24, 2.45) is 0 Å². The third-order valence-electron chi connectivity index (χ3n) is 4.11. The molecule has 7 heteroatoms. The Balaban J connectivity index is 1.65. The Labute approximate surface area is 167 Å². The molecule has 0 saturated carbocycles. The number of rotatable bonds is 8. The minimum atomic E-state index is -0.636. The van der Waals surface area contributed by atoms with Crippen molar-refractivity contribution in [3.8, 4) is 11.5 Å². The van der Waals surface area contributed by atoms with E-state index in [1.807, 2.05) is 30.3 Å². The smallest absolute Gasteiger partial charge is 0.374 e. The Bertz CT molecular complexity index is 976. The summed E-state index contributed by atoms with van der Waals surface area (Å²) in [5.41, 5.74) is 1.72. The largest absolute Gasteiger partial charge is 0.493 e. The van der Waals surface area contributed by atoms with Gasteiger partial charge in [0.15, 0.2) is 11.5 Å². The highest BCUT2D eigenvalue weighted by Gasteiger charge is 2.18. The zero-order valence-electron chi connectivity index (χ0n) is 16.0. The predicted molar refractivity (Wildman–Crippen MR) is 103 cm³/mol. The van der Waals surface area contributed by atoms with Crippen molar-refractivity contribution in [3.63, 3.8) is 0 Å². The van der Waals surface area contributed by atoms with Crippen LogP contribution < -0.4 is 9.47 Å². The van der Waals surface area contributed by atoms with Crippen molar-refractivity contribution >= 4 is 11.9 Å². The van der Waals surface area contributed by atoms with Crippen molar-refractivity contribution < 1.29 is 33.0 Å². The third-order valence-corrected chi connectivity index (χ3v) is 4.11. The Kier molecular flexibility index (Phi) is 6.52. The van der Waals surface area contributed by atoms with Crippen LogP contribution in [0.4, 0.5) is 0 Å². The Morgan fingerprint density at radius 1 is 0.897 bits per heavy atom. The molecule has 0 unspecified atom stereocenters. The van der Waals surface area contributed by atoms with E-state index in [1.54, 1.807) is 24.3 Å². The maximum absolute atomic E-state index is 12.4. The van der Waals surface area contributed by atoms with Crippen LogP contribution in [0.25, 0.3) is 0 Å². The van der Waals surface area contributed by atoms with E-state index in [0.717, 1.165) is 5.56 Å². The van der Waals surface area contributed by atoms with E-state index in [9.17, 15) is 9.59 Å². The van der Waals surface area contributed by atoms with Gasteiger partial charge in [-0.1, -0.05) is 30.3 Å². The summed E-state index contributed by atoms with van der Waals surface area (Å²) in [6.07, 6.45) is 1.33. The standard InChI is InChI=1S/C22H20O7/c1-25-19-12-16(8-9-18(19)28-13-15-6-4-3-5-7-15)21(23)29-14-17-10-11-27-20(17)22(24)26-2/h3-12H,13-14H2,1-2H3. The van der Waals surface area contributed by atoms with E-state index in [4.69, 9.17) is 18.6 Å². The van der Waals surface area contributed by atoms with E-state index in [0.29, 0.717) is 23.7 Å². The fourth-order valence-electron chi connectivity index (χ4n) is 2.60. The van der Waals surface area contributed by atoms with Gasteiger partial charge >= 0.3 is 11.9 Å². The lowest BCUT2D eigenvalue weighted by atomic mass is 10.2. The first-order chi connectivity index (χ1) is 14.1. The summed E-state index contributed by atoms with van der Waals surface area (Å²) in [6.45, 7) is 0.242. The van der Waals surface area contributed by atoms with Gasteiger partial charge in [-0.05, 0) is 29.8 Å². The second-order valence-corrected chi connectivity index (χ2v) is 5.98. The fraction of sp³-hybridized carbons (Fsp3) is 0.182. The van der Waals surface area contributed by atoms with Crippen LogP contribution >= 0.6 is 0 Å². The lowest BCUT2D eigenvalue weighted by Crippen LogP contribution is -2.09. The van der Waals surface area contributed by atoms with Crippen molar-refractivity contribution in [2.75, 3.05) is 14.2 Å². The van der Waals surface area contributed by atoms with Gasteiger partial charge in [-0.3, -0.25) is 0 Å². The minimum Gasteiger partial charge on any atom is -0.493 e. The van der Waals surface area contributed by atoms with E-state index in [2.05, 4.69) is 4.74 Å². The number of esters is 2. The summed E-state index contributed by atoms with van der Waals surface area (Å²) in [4.78, 5) is 24.0. The summed E-state index contributed by atoms with van der Waals surface area (Å²) < 4.78 is 26.1. The van der Waals surface area contributed by atoms with Gasteiger partial charge in [-0.25, -0.2) is 9.59 Å². The Morgan fingerprint density at radius 2 is 1.69 bits per heavy atom. The highest BCUT2D eigenvalue weighted by Crippen LogP contribution is 2.29. The molecule has 1 heterocycles. The highest BCUT2D eigenvalue weighted by molar-refractivity contribution is 5.91. The number of benzene rings is 2. The van der Waals surface area contributed by atoms with Crippen LogP contribution in [-0.2, 0) is 22.7 Å². The van der Waals surface area contributed by atoms with E-state index in [-0.39, 0.29) is 17.9 Å². The predicted octanol–water partition coefficient (Wildman–Crippen LogP) is 4.01.